The number of aliphatic hydroxyl groups is 1. The number of aryl methyl sites for hydroxylation is 1. The number of phenolic OH excluding ortho intramolecular Hbond substituents is 1. The summed E-state index contributed by atoms with van der Waals surface area (Å²) >= 11 is 1.58. The van der Waals surface area contributed by atoms with Gasteiger partial charge < -0.3 is 44.1 Å². The van der Waals surface area contributed by atoms with E-state index in [1.54, 1.807) is 17.4 Å². The van der Waals surface area contributed by atoms with Crippen LogP contribution >= 0.6 is 11.3 Å². The van der Waals surface area contributed by atoms with Crippen molar-refractivity contribution in [2.45, 2.75) is 141 Å². The lowest BCUT2D eigenvalue weighted by molar-refractivity contribution is -0.141. The van der Waals surface area contributed by atoms with Gasteiger partial charge in [-0.05, 0) is 137 Å². The predicted octanol–water partition coefficient (Wildman–Crippen LogP) is 10.1. The van der Waals surface area contributed by atoms with E-state index in [-0.39, 0.29) is 113 Å². The van der Waals surface area contributed by atoms with Crippen LogP contribution < -0.4 is 19.7 Å². The number of carbonyl (C=O) groups is 3. The van der Waals surface area contributed by atoms with Crippen molar-refractivity contribution in [3.8, 4) is 51.7 Å². The Morgan fingerprint density at radius 2 is 1.71 bits per heavy atom. The van der Waals surface area contributed by atoms with Crippen LogP contribution in [0.1, 0.15) is 121 Å². The van der Waals surface area contributed by atoms with Gasteiger partial charge in [0.15, 0.2) is 11.6 Å². The van der Waals surface area contributed by atoms with Gasteiger partial charge in [0.2, 0.25) is 11.8 Å². The molecule has 1 aliphatic carbocycles. The maximum absolute atomic E-state index is 17.4. The lowest BCUT2D eigenvalue weighted by Crippen LogP contribution is -2.57. The molecule has 4 saturated heterocycles. The third-order valence-corrected chi connectivity index (χ3v) is 19.0. The number of hydrogen-bond donors (Lipinski definition) is 3. The molecule has 12 rings (SSSR count). The number of rotatable bonds is 15. The van der Waals surface area contributed by atoms with E-state index in [9.17, 15) is 24.6 Å². The number of nitrogens with one attached hydrogen (secondary N) is 1. The minimum Gasteiger partial charge on any atom is -0.508 e. The van der Waals surface area contributed by atoms with Gasteiger partial charge >= 0.3 is 12.1 Å². The van der Waals surface area contributed by atoms with Crippen molar-refractivity contribution in [1.29, 1.82) is 0 Å². The molecule has 1 saturated carbocycles. The van der Waals surface area contributed by atoms with Gasteiger partial charge in [0.25, 0.3) is 5.88 Å². The minimum absolute atomic E-state index is 0.0193. The molecule has 87 heavy (non-hydrogen) atoms. The number of amides is 3. The second kappa shape index (κ2) is 23.6. The molecule has 0 radical (unpaired) electrons. The quantitative estimate of drug-likeness (QED) is 0.0813. The van der Waals surface area contributed by atoms with Gasteiger partial charge in [-0.25, -0.2) is 18.6 Å². The Morgan fingerprint density at radius 1 is 0.977 bits per heavy atom. The molecule has 3 N–H and O–H groups in total. The lowest BCUT2D eigenvalue weighted by Gasteiger charge is -2.51. The van der Waals surface area contributed by atoms with E-state index in [2.05, 4.69) is 36.2 Å². The largest absolute Gasteiger partial charge is 0.508 e. The van der Waals surface area contributed by atoms with Crippen LogP contribution in [0, 0.1) is 42.2 Å². The summed E-state index contributed by atoms with van der Waals surface area (Å²) in [6.07, 6.45) is 11.1. The number of aromatic nitrogens is 5. The van der Waals surface area contributed by atoms with Crippen molar-refractivity contribution < 1.29 is 52.1 Å². The number of aliphatic hydroxyl groups excluding tert-OH is 1. The van der Waals surface area contributed by atoms with Crippen LogP contribution in [0.4, 0.5) is 19.4 Å². The Balaban J connectivity index is 0.678. The van der Waals surface area contributed by atoms with Crippen molar-refractivity contribution in [3.05, 3.63) is 101 Å². The van der Waals surface area contributed by atoms with Crippen LogP contribution in [0.15, 0.2) is 70.8 Å². The number of anilines is 1. The number of piperazine rings is 1. The molecule has 8 heterocycles. The Bertz CT molecular complexity index is 3800. The summed E-state index contributed by atoms with van der Waals surface area (Å²) in [5.41, 5.74) is 3.88. The summed E-state index contributed by atoms with van der Waals surface area (Å²) in [5.74, 6) is 0.0628. The number of pyridine rings is 1. The van der Waals surface area contributed by atoms with Gasteiger partial charge in [-0.15, -0.1) is 17.8 Å². The smallest absolute Gasteiger partial charge is 0.410 e. The average molecular weight is 1210 g/mol. The first kappa shape index (κ1) is 59.3. The SMILES string of the molecule is C#Cc1c(F)ccc2cc(O)cc(-c3ncc4c(N5CC6CCC(C5)N6C(=O)OC(C)(C)C)nc(OCCN5CCC6(CC5)CC(Oc5cc(C(C(=O)N7C[C@H](O)C[C@H]7C(=O)NC(C)c7ccc(-c8scnc8C)cc7)C(C)C)on5)C6)nc4c3F)c12. The van der Waals surface area contributed by atoms with Crippen LogP contribution in [-0.2, 0) is 14.3 Å². The zero-order valence-electron chi connectivity index (χ0n) is 49.9. The number of thiazole rings is 1. The molecule has 7 aromatic rings. The highest BCUT2D eigenvalue weighted by Gasteiger charge is 2.49. The Labute approximate surface area is 507 Å². The first-order chi connectivity index (χ1) is 41.6. The molecule has 22 heteroatoms. The zero-order chi connectivity index (χ0) is 61.2. The summed E-state index contributed by atoms with van der Waals surface area (Å²) in [4.78, 5) is 68.9. The van der Waals surface area contributed by atoms with E-state index in [0.29, 0.717) is 47.9 Å². The van der Waals surface area contributed by atoms with Gasteiger partial charge in [-0.1, -0.05) is 50.1 Å². The van der Waals surface area contributed by atoms with E-state index in [0.717, 1.165) is 73.3 Å². The lowest BCUT2D eigenvalue weighted by atomic mass is 9.61. The highest BCUT2D eigenvalue weighted by atomic mass is 32.1. The third kappa shape index (κ3) is 11.8. The molecule has 4 unspecified atom stereocenters. The van der Waals surface area contributed by atoms with Crippen molar-refractivity contribution >= 4 is 56.7 Å². The van der Waals surface area contributed by atoms with Gasteiger partial charge in [0.1, 0.15) is 58.9 Å². The minimum atomic E-state index is -0.868. The molecule has 6 atom stereocenters. The van der Waals surface area contributed by atoms with Crippen molar-refractivity contribution in [2.24, 2.45) is 11.3 Å². The first-order valence-corrected chi connectivity index (χ1v) is 30.8. The van der Waals surface area contributed by atoms with Crippen LogP contribution in [-0.4, -0.2) is 150 Å². The number of carbonyl (C=O) groups excluding carboxylic acids is 3. The maximum atomic E-state index is 17.4. The van der Waals surface area contributed by atoms with Crippen molar-refractivity contribution in [2.75, 3.05) is 50.8 Å². The molecule has 1 spiro atoms. The standard InChI is InChI=1S/C65H72F2N10O9S/c1-9-46-49(66)17-14-40-24-43(78)25-47(54(40)46)56-55(67)57-48(30-68-56)59(75-31-41-15-16-42(32-75)77(41)63(82)85-64(6,7)8)72-62(71-57)83-23-22-74-20-18-65(19-21-74)28-45(29-65)84-52-27-51(86-73-52)53(35(2)3)61(81)76-33-44(79)26-50(76)60(80)70-36(4)38-10-12-39(13-11-38)58-37(5)69-34-87-58/h1,10-14,17,24-25,27,30,34-36,41-42,44-45,50,53,78-79H,15-16,18-23,26,28-29,31-33H2,2-8H3,(H,70,80)/t36?,41?,42?,44-,50+,53?/m1/s1. The second-order valence-corrected chi connectivity index (χ2v) is 26.3. The molecule has 3 aromatic carbocycles. The number of hydrogen-bond acceptors (Lipinski definition) is 17. The molecule has 3 amide bonds. The van der Waals surface area contributed by atoms with Crippen LogP contribution in [0.3, 0.4) is 0 Å². The highest BCUT2D eigenvalue weighted by molar-refractivity contribution is 7.13. The normalized spacial score (nSPS) is 21.1. The van der Waals surface area contributed by atoms with Gasteiger partial charge in [0.05, 0.1) is 51.3 Å². The average Bonchev–Trinajstić information content (AvgIpc) is 1.31. The van der Waals surface area contributed by atoms with Gasteiger partial charge in [-0.3, -0.25) is 24.4 Å². The fourth-order valence-electron chi connectivity index (χ4n) is 13.6. The number of ether oxygens (including phenoxy) is 3. The van der Waals surface area contributed by atoms with E-state index >= 15 is 8.78 Å². The fraction of sp³-hybridized carbons (Fsp3) is 0.477. The molecule has 19 nitrogen and oxygen atoms in total. The summed E-state index contributed by atoms with van der Waals surface area (Å²) in [5, 5.41) is 29.9. The number of phenols is 1. The number of halogens is 2. The summed E-state index contributed by atoms with van der Waals surface area (Å²) in [6.45, 7) is 16.4. The first-order valence-electron chi connectivity index (χ1n) is 30.0. The molecule has 5 fully saturated rings. The van der Waals surface area contributed by atoms with Gasteiger partial charge in [0, 0.05) is 55.8 Å². The zero-order valence-corrected chi connectivity index (χ0v) is 50.7. The summed E-state index contributed by atoms with van der Waals surface area (Å²) in [7, 11) is 0. The summed E-state index contributed by atoms with van der Waals surface area (Å²) < 4.78 is 56.8. The van der Waals surface area contributed by atoms with Gasteiger partial charge in [-0.2, -0.15) is 9.97 Å². The van der Waals surface area contributed by atoms with Crippen LogP contribution in [0.5, 0.6) is 17.6 Å². The van der Waals surface area contributed by atoms with Crippen molar-refractivity contribution in [1.82, 2.24) is 45.1 Å². The van der Waals surface area contributed by atoms with E-state index in [1.807, 2.05) is 88.0 Å². The molecule has 2 bridgehead atoms. The molecular formula is C65H72F2N10O9S. The number of fused-ring (bicyclic) bond motifs is 4. The monoisotopic (exact) mass is 1210 g/mol. The highest BCUT2D eigenvalue weighted by Crippen LogP contribution is 2.51. The molecule has 5 aliphatic rings. The predicted molar refractivity (Wildman–Crippen MR) is 323 cm³/mol. The molecule has 4 aromatic heterocycles. The second-order valence-electron chi connectivity index (χ2n) is 25.5. The molecule has 456 valence electrons. The number of β-amino-alcohol motifs (C(OH)–C–C–N with tert-alkyl or cyclic N) is 1. The van der Waals surface area contributed by atoms with Crippen LogP contribution in [0.2, 0.25) is 0 Å². The van der Waals surface area contributed by atoms with Crippen LogP contribution in [0.25, 0.3) is 43.4 Å². The number of piperidine rings is 1. The van der Waals surface area contributed by atoms with E-state index in [4.69, 9.17) is 30.1 Å². The summed E-state index contributed by atoms with van der Waals surface area (Å²) in [6, 6.07) is 13.4. The number of nitrogens with zero attached hydrogens (tertiary/aromatic N) is 9. The van der Waals surface area contributed by atoms with E-state index < -0.39 is 35.3 Å². The number of likely N-dealkylation sites (tertiary alicyclic amines) is 2. The topological polar surface area (TPSA) is 222 Å². The third-order valence-electron chi connectivity index (χ3n) is 18.0. The maximum Gasteiger partial charge on any atom is 0.410 e. The van der Waals surface area contributed by atoms with E-state index in [1.165, 1.54) is 35.4 Å². The Hall–Kier alpha value is -8.00. The number of terminal acetylenes is 1. The Kier molecular flexibility index (Phi) is 16.1. The Morgan fingerprint density at radius 3 is 2.39 bits per heavy atom. The number of benzene rings is 3. The fourth-order valence-corrected chi connectivity index (χ4v) is 14.4. The van der Waals surface area contributed by atoms with Crippen molar-refractivity contribution in [3.63, 3.8) is 0 Å². The number of aromatic hydroxyl groups is 1. The molecular weight excluding hydrogens is 1130 g/mol. The molecule has 4 aliphatic heterocycles.